The third kappa shape index (κ3) is 6.36. The van der Waals surface area contributed by atoms with E-state index >= 15 is 0 Å². The van der Waals surface area contributed by atoms with E-state index in [1.165, 1.54) is 56.9 Å². The standard InChI is InChI=1S/C28H42/c1-21(2)5-6-22(3)7-10-24-11-15-26(16-12-24)28-19-17-27(18-20-28)25-13-8-23(4)9-14-25/h7-11,13-15,21-22,24,26-28H,5-6,12,16-20H2,1-4H3/b10-7+. The fourth-order valence-electron chi connectivity index (χ4n) is 5.16. The predicted octanol–water partition coefficient (Wildman–Crippen LogP) is 8.48. The lowest BCUT2D eigenvalue weighted by atomic mass is 9.70. The van der Waals surface area contributed by atoms with Crippen LogP contribution in [0, 0.1) is 36.5 Å². The molecule has 0 aromatic heterocycles. The first-order chi connectivity index (χ1) is 13.5. The summed E-state index contributed by atoms with van der Waals surface area (Å²) in [5.74, 6) is 4.79. The molecule has 0 N–H and O–H groups in total. The lowest BCUT2D eigenvalue weighted by Gasteiger charge is -2.35. The maximum Gasteiger partial charge on any atom is -0.00531 e. The number of hydrogen-bond donors (Lipinski definition) is 0. The summed E-state index contributed by atoms with van der Waals surface area (Å²) in [6.45, 7) is 9.22. The van der Waals surface area contributed by atoms with Crippen LogP contribution in [0.1, 0.15) is 89.2 Å². The van der Waals surface area contributed by atoms with E-state index in [1.54, 1.807) is 5.56 Å². The first-order valence-electron chi connectivity index (χ1n) is 11.9. The van der Waals surface area contributed by atoms with Crippen molar-refractivity contribution in [3.8, 4) is 0 Å². The van der Waals surface area contributed by atoms with Crippen molar-refractivity contribution in [1.29, 1.82) is 0 Å². The van der Waals surface area contributed by atoms with Gasteiger partial charge in [-0.25, -0.2) is 0 Å². The van der Waals surface area contributed by atoms with E-state index in [0.717, 1.165) is 29.6 Å². The Labute approximate surface area is 174 Å². The molecule has 1 fully saturated rings. The molecule has 3 unspecified atom stereocenters. The highest BCUT2D eigenvalue weighted by Crippen LogP contribution is 2.42. The second-order valence-electron chi connectivity index (χ2n) is 10.1. The fourth-order valence-corrected chi connectivity index (χ4v) is 5.16. The Morgan fingerprint density at radius 1 is 0.857 bits per heavy atom. The molecule has 3 atom stereocenters. The Morgan fingerprint density at radius 2 is 1.57 bits per heavy atom. The van der Waals surface area contributed by atoms with Gasteiger partial charge in [-0.3, -0.25) is 0 Å². The minimum Gasteiger partial charge on any atom is -0.0851 e. The molecule has 0 aliphatic heterocycles. The molecule has 154 valence electrons. The van der Waals surface area contributed by atoms with Crippen LogP contribution in [0.5, 0.6) is 0 Å². The van der Waals surface area contributed by atoms with Gasteiger partial charge >= 0.3 is 0 Å². The molecule has 0 bridgehead atoms. The second-order valence-corrected chi connectivity index (χ2v) is 10.1. The quantitative estimate of drug-likeness (QED) is 0.417. The van der Waals surface area contributed by atoms with Gasteiger partial charge in [-0.1, -0.05) is 81.3 Å². The summed E-state index contributed by atoms with van der Waals surface area (Å²) < 4.78 is 0. The van der Waals surface area contributed by atoms with Crippen molar-refractivity contribution in [2.24, 2.45) is 29.6 Å². The highest BCUT2D eigenvalue weighted by Gasteiger charge is 2.28. The van der Waals surface area contributed by atoms with E-state index in [0.29, 0.717) is 5.92 Å². The normalized spacial score (nSPS) is 29.5. The average Bonchev–Trinajstić information content (AvgIpc) is 2.72. The van der Waals surface area contributed by atoms with Gasteiger partial charge in [0.15, 0.2) is 0 Å². The molecule has 0 amide bonds. The van der Waals surface area contributed by atoms with Gasteiger partial charge in [0.25, 0.3) is 0 Å². The Morgan fingerprint density at radius 3 is 2.18 bits per heavy atom. The Bertz CT molecular complexity index is 625. The molecule has 2 aliphatic rings. The summed E-state index contributed by atoms with van der Waals surface area (Å²) in [7, 11) is 0. The fraction of sp³-hybridized carbons (Fsp3) is 0.643. The van der Waals surface area contributed by atoms with Gasteiger partial charge in [0, 0.05) is 0 Å². The third-order valence-corrected chi connectivity index (χ3v) is 7.25. The van der Waals surface area contributed by atoms with Crippen molar-refractivity contribution in [2.75, 3.05) is 0 Å². The lowest BCUT2D eigenvalue weighted by molar-refractivity contribution is 0.245. The highest BCUT2D eigenvalue weighted by atomic mass is 14.3. The highest BCUT2D eigenvalue weighted by molar-refractivity contribution is 5.25. The van der Waals surface area contributed by atoms with Gasteiger partial charge in [0.1, 0.15) is 0 Å². The van der Waals surface area contributed by atoms with Crippen LogP contribution in [0.15, 0.2) is 48.6 Å². The molecule has 2 aliphatic carbocycles. The largest absolute Gasteiger partial charge is 0.0851 e. The Balaban J connectivity index is 1.43. The molecule has 0 radical (unpaired) electrons. The van der Waals surface area contributed by atoms with E-state index in [9.17, 15) is 0 Å². The number of aryl methyl sites for hydroxylation is 1. The van der Waals surface area contributed by atoms with Crippen molar-refractivity contribution in [3.05, 3.63) is 59.7 Å². The maximum absolute atomic E-state index is 2.58. The topological polar surface area (TPSA) is 0 Å². The van der Waals surface area contributed by atoms with Crippen molar-refractivity contribution in [2.45, 2.75) is 85.0 Å². The monoisotopic (exact) mass is 378 g/mol. The van der Waals surface area contributed by atoms with Gasteiger partial charge in [-0.05, 0) is 92.9 Å². The minimum absolute atomic E-state index is 0.682. The zero-order chi connectivity index (χ0) is 19.9. The molecular weight excluding hydrogens is 336 g/mol. The zero-order valence-electron chi connectivity index (χ0n) is 18.7. The summed E-state index contributed by atoms with van der Waals surface area (Å²) in [4.78, 5) is 0. The van der Waals surface area contributed by atoms with Gasteiger partial charge in [-0.2, -0.15) is 0 Å². The van der Waals surface area contributed by atoms with Crippen LogP contribution < -0.4 is 0 Å². The molecule has 0 nitrogen and oxygen atoms in total. The summed E-state index contributed by atoms with van der Waals surface area (Å²) in [6, 6.07) is 9.28. The Kier molecular flexibility index (Phi) is 8.00. The minimum atomic E-state index is 0.682. The number of rotatable bonds is 7. The molecule has 0 heteroatoms. The molecular formula is C28H42. The predicted molar refractivity (Wildman–Crippen MR) is 124 cm³/mol. The summed E-state index contributed by atoms with van der Waals surface area (Å²) in [6.07, 6.45) is 21.1. The third-order valence-electron chi connectivity index (χ3n) is 7.25. The van der Waals surface area contributed by atoms with E-state index in [1.807, 2.05) is 0 Å². The molecule has 28 heavy (non-hydrogen) atoms. The molecule has 0 saturated heterocycles. The SMILES string of the molecule is Cc1ccc(C2CCC(C3C=CC(/C=C/C(C)CCC(C)C)CC3)CC2)cc1. The first-order valence-corrected chi connectivity index (χ1v) is 11.9. The van der Waals surface area contributed by atoms with Gasteiger partial charge in [0.2, 0.25) is 0 Å². The average molecular weight is 379 g/mol. The molecule has 1 aromatic carbocycles. The smallest absolute Gasteiger partial charge is 0.00531 e. The van der Waals surface area contributed by atoms with Crippen LogP contribution in [0.4, 0.5) is 0 Å². The van der Waals surface area contributed by atoms with Gasteiger partial charge < -0.3 is 0 Å². The van der Waals surface area contributed by atoms with Crippen LogP contribution in [-0.4, -0.2) is 0 Å². The second kappa shape index (κ2) is 10.5. The van der Waals surface area contributed by atoms with E-state index in [-0.39, 0.29) is 0 Å². The molecule has 1 saturated carbocycles. The van der Waals surface area contributed by atoms with Gasteiger partial charge in [0.05, 0.1) is 0 Å². The lowest BCUT2D eigenvalue weighted by Crippen LogP contribution is -2.22. The van der Waals surface area contributed by atoms with Crippen molar-refractivity contribution >= 4 is 0 Å². The molecule has 1 aromatic rings. The Hall–Kier alpha value is -1.30. The summed E-state index contributed by atoms with van der Waals surface area (Å²) >= 11 is 0. The van der Waals surface area contributed by atoms with Crippen LogP contribution in [0.3, 0.4) is 0 Å². The summed E-state index contributed by atoms with van der Waals surface area (Å²) in [5.41, 5.74) is 2.95. The zero-order valence-corrected chi connectivity index (χ0v) is 18.7. The number of allylic oxidation sites excluding steroid dienone is 4. The molecule has 0 heterocycles. The number of hydrogen-bond acceptors (Lipinski definition) is 0. The van der Waals surface area contributed by atoms with Crippen molar-refractivity contribution < 1.29 is 0 Å². The van der Waals surface area contributed by atoms with E-state index < -0.39 is 0 Å². The molecule has 3 rings (SSSR count). The van der Waals surface area contributed by atoms with Crippen molar-refractivity contribution in [3.63, 3.8) is 0 Å². The number of benzene rings is 1. The van der Waals surface area contributed by atoms with E-state index in [2.05, 4.69) is 76.3 Å². The summed E-state index contributed by atoms with van der Waals surface area (Å²) in [5, 5.41) is 0. The van der Waals surface area contributed by atoms with E-state index in [4.69, 9.17) is 0 Å². The van der Waals surface area contributed by atoms with Gasteiger partial charge in [-0.15, -0.1) is 0 Å². The van der Waals surface area contributed by atoms with Crippen LogP contribution in [0.25, 0.3) is 0 Å². The van der Waals surface area contributed by atoms with Crippen molar-refractivity contribution in [1.82, 2.24) is 0 Å². The maximum atomic E-state index is 2.58. The first kappa shape index (κ1) is 21.4. The van der Waals surface area contributed by atoms with Crippen LogP contribution >= 0.6 is 0 Å². The van der Waals surface area contributed by atoms with Crippen LogP contribution in [0.2, 0.25) is 0 Å². The molecule has 0 spiro atoms. The van der Waals surface area contributed by atoms with Crippen LogP contribution in [-0.2, 0) is 0 Å².